The largest absolute Gasteiger partial charge is 0.480 e. The van der Waals surface area contributed by atoms with Crippen LogP contribution in [0.2, 0.25) is 0 Å². The van der Waals surface area contributed by atoms with Crippen LogP contribution in [0.1, 0.15) is 42.4 Å². The first-order valence-electron chi connectivity index (χ1n) is 8.59. The van der Waals surface area contributed by atoms with E-state index in [9.17, 15) is 45.8 Å². The zero-order chi connectivity index (χ0) is 22.0. The average Bonchev–Trinajstić information content (AvgIpc) is 2.57. The molecule has 0 radical (unpaired) electrons. The molecule has 0 heterocycles. The zero-order valence-corrected chi connectivity index (χ0v) is 14.9. The Balaban J connectivity index is 2.22. The maximum atomic E-state index is 12.9. The molecule has 0 aliphatic heterocycles. The number of nitrogens with one attached hydrogen (secondary N) is 1. The van der Waals surface area contributed by atoms with Gasteiger partial charge in [0.2, 0.25) is 5.91 Å². The van der Waals surface area contributed by atoms with Crippen molar-refractivity contribution in [2.24, 2.45) is 5.92 Å². The minimum atomic E-state index is -5.06. The van der Waals surface area contributed by atoms with Gasteiger partial charge in [-0.3, -0.25) is 9.59 Å². The van der Waals surface area contributed by atoms with E-state index in [1.807, 2.05) is 0 Å². The standard InChI is InChI=1S/C18H17F6NO4/c19-17(20,21)11-4-9(5-12(8-11)18(22,23)24)6-14(27)25-15(16(28)29)10-2-1-3-13(26)7-10/h4-5,8,10,15H,1-3,6-7H2,(H,25,27)(H,28,29)/t10-,15-/m1/s1. The van der Waals surface area contributed by atoms with Crippen molar-refractivity contribution in [1.82, 2.24) is 5.32 Å². The number of carbonyl (C=O) groups is 3. The molecule has 1 fully saturated rings. The summed E-state index contributed by atoms with van der Waals surface area (Å²) in [5, 5.41) is 11.4. The van der Waals surface area contributed by atoms with Gasteiger partial charge in [-0.1, -0.05) is 0 Å². The molecule has 1 saturated carbocycles. The molecule has 2 atom stereocenters. The Hall–Kier alpha value is -2.59. The number of halogens is 6. The number of hydrogen-bond acceptors (Lipinski definition) is 3. The van der Waals surface area contributed by atoms with Crippen LogP contribution < -0.4 is 5.32 Å². The van der Waals surface area contributed by atoms with Crippen LogP contribution in [0.4, 0.5) is 26.3 Å². The van der Waals surface area contributed by atoms with Crippen LogP contribution in [0.25, 0.3) is 0 Å². The Morgan fingerprint density at radius 3 is 2.07 bits per heavy atom. The highest BCUT2D eigenvalue weighted by Gasteiger charge is 2.37. The number of rotatable bonds is 5. The third kappa shape index (κ3) is 6.20. The fraction of sp³-hybridized carbons (Fsp3) is 0.500. The predicted molar refractivity (Wildman–Crippen MR) is 86.7 cm³/mol. The Morgan fingerprint density at radius 2 is 1.62 bits per heavy atom. The van der Waals surface area contributed by atoms with E-state index < -0.39 is 59.3 Å². The maximum Gasteiger partial charge on any atom is 0.416 e. The second-order valence-electron chi connectivity index (χ2n) is 6.87. The molecule has 0 spiro atoms. The lowest BCUT2D eigenvalue weighted by Gasteiger charge is -2.27. The van der Waals surface area contributed by atoms with Gasteiger partial charge >= 0.3 is 18.3 Å². The lowest BCUT2D eigenvalue weighted by Crippen LogP contribution is -2.47. The van der Waals surface area contributed by atoms with Crippen LogP contribution in [0.5, 0.6) is 0 Å². The summed E-state index contributed by atoms with van der Waals surface area (Å²) in [5.74, 6) is -3.35. The van der Waals surface area contributed by atoms with E-state index in [2.05, 4.69) is 5.32 Å². The van der Waals surface area contributed by atoms with Gasteiger partial charge in [-0.25, -0.2) is 4.79 Å². The number of ketones is 1. The van der Waals surface area contributed by atoms with E-state index in [1.165, 1.54) is 0 Å². The molecule has 160 valence electrons. The van der Waals surface area contributed by atoms with E-state index in [0.29, 0.717) is 31.4 Å². The molecule has 1 aliphatic carbocycles. The third-order valence-corrected chi connectivity index (χ3v) is 4.59. The molecule has 5 nitrogen and oxygen atoms in total. The Morgan fingerprint density at radius 1 is 1.07 bits per heavy atom. The van der Waals surface area contributed by atoms with Gasteiger partial charge < -0.3 is 10.4 Å². The molecular formula is C18H17F6NO4. The molecule has 0 bridgehead atoms. The zero-order valence-electron chi connectivity index (χ0n) is 14.9. The fourth-order valence-electron chi connectivity index (χ4n) is 3.25. The number of aliphatic carboxylic acids is 1. The van der Waals surface area contributed by atoms with Crippen LogP contribution >= 0.6 is 0 Å². The van der Waals surface area contributed by atoms with Gasteiger partial charge in [-0.05, 0) is 42.5 Å². The Kier molecular flexibility index (Phi) is 6.59. The third-order valence-electron chi connectivity index (χ3n) is 4.59. The van der Waals surface area contributed by atoms with Crippen LogP contribution in [0, 0.1) is 5.92 Å². The molecule has 0 unspecified atom stereocenters. The molecule has 1 amide bonds. The summed E-state index contributed by atoms with van der Waals surface area (Å²) >= 11 is 0. The van der Waals surface area contributed by atoms with Gasteiger partial charge in [0, 0.05) is 12.8 Å². The van der Waals surface area contributed by atoms with Crippen LogP contribution in [0.3, 0.4) is 0 Å². The molecule has 29 heavy (non-hydrogen) atoms. The van der Waals surface area contributed by atoms with Crippen molar-refractivity contribution in [3.8, 4) is 0 Å². The van der Waals surface area contributed by atoms with Crippen LogP contribution in [-0.4, -0.2) is 28.8 Å². The minimum Gasteiger partial charge on any atom is -0.480 e. The van der Waals surface area contributed by atoms with Gasteiger partial charge in [-0.2, -0.15) is 26.3 Å². The first kappa shape index (κ1) is 22.7. The molecule has 11 heteroatoms. The molecule has 0 aromatic heterocycles. The average molecular weight is 425 g/mol. The number of hydrogen-bond donors (Lipinski definition) is 2. The quantitative estimate of drug-likeness (QED) is 0.707. The summed E-state index contributed by atoms with van der Waals surface area (Å²) in [6.45, 7) is 0. The number of carboxylic acids is 1. The van der Waals surface area contributed by atoms with E-state index in [4.69, 9.17) is 0 Å². The lowest BCUT2D eigenvalue weighted by molar-refractivity contribution is -0.144. The van der Waals surface area contributed by atoms with Crippen LogP contribution in [0.15, 0.2) is 18.2 Å². The molecule has 0 saturated heterocycles. The topological polar surface area (TPSA) is 83.5 Å². The van der Waals surface area contributed by atoms with Crippen molar-refractivity contribution in [3.05, 3.63) is 34.9 Å². The van der Waals surface area contributed by atoms with Gasteiger partial charge in [0.15, 0.2) is 0 Å². The van der Waals surface area contributed by atoms with Crippen molar-refractivity contribution in [3.63, 3.8) is 0 Å². The first-order chi connectivity index (χ1) is 13.3. The SMILES string of the molecule is O=C1CCC[C@@H]([C@@H](NC(=O)Cc2cc(C(F)(F)F)cc(C(F)(F)F)c2)C(=O)O)C1. The Labute approximate surface area is 161 Å². The van der Waals surface area contributed by atoms with Gasteiger partial charge in [0.05, 0.1) is 17.5 Å². The highest BCUT2D eigenvalue weighted by Crippen LogP contribution is 2.36. The molecule has 1 aromatic rings. The van der Waals surface area contributed by atoms with Gasteiger partial charge in [0.1, 0.15) is 11.8 Å². The summed E-state index contributed by atoms with van der Waals surface area (Å²) in [6.07, 6.45) is -9.98. The smallest absolute Gasteiger partial charge is 0.416 e. The fourth-order valence-corrected chi connectivity index (χ4v) is 3.25. The molecule has 2 rings (SSSR count). The summed E-state index contributed by atoms with van der Waals surface area (Å²) in [6, 6.07) is -0.696. The normalized spacial score (nSPS) is 19.0. The maximum absolute atomic E-state index is 12.9. The number of Topliss-reactive ketones (excluding diaryl/α,β-unsaturated/α-hetero) is 1. The molecular weight excluding hydrogens is 408 g/mol. The predicted octanol–water partition coefficient (Wildman–Crippen LogP) is 3.60. The summed E-state index contributed by atoms with van der Waals surface area (Å²) in [5.41, 5.74) is -3.70. The number of carboxylic acid groups (broad SMARTS) is 1. The van der Waals surface area contributed by atoms with E-state index in [1.54, 1.807) is 0 Å². The molecule has 2 N–H and O–H groups in total. The number of alkyl halides is 6. The van der Waals surface area contributed by atoms with E-state index >= 15 is 0 Å². The monoisotopic (exact) mass is 425 g/mol. The minimum absolute atomic E-state index is 0.0604. The number of amides is 1. The second kappa shape index (κ2) is 8.42. The molecule has 1 aromatic carbocycles. The van der Waals surface area contributed by atoms with E-state index in [0.717, 1.165) is 0 Å². The lowest BCUT2D eigenvalue weighted by atomic mass is 9.83. The highest BCUT2D eigenvalue weighted by atomic mass is 19.4. The van der Waals surface area contributed by atoms with Crippen LogP contribution in [-0.2, 0) is 33.2 Å². The first-order valence-corrected chi connectivity index (χ1v) is 8.59. The molecule has 1 aliphatic rings. The van der Waals surface area contributed by atoms with Crippen molar-refractivity contribution < 1.29 is 45.8 Å². The van der Waals surface area contributed by atoms with Crippen molar-refractivity contribution >= 4 is 17.7 Å². The highest BCUT2D eigenvalue weighted by molar-refractivity contribution is 5.86. The summed E-state index contributed by atoms with van der Waals surface area (Å²) in [7, 11) is 0. The second-order valence-corrected chi connectivity index (χ2v) is 6.87. The van der Waals surface area contributed by atoms with E-state index in [-0.39, 0.29) is 18.3 Å². The van der Waals surface area contributed by atoms with Crippen molar-refractivity contribution in [2.45, 2.75) is 50.5 Å². The summed E-state index contributed by atoms with van der Waals surface area (Å²) in [4.78, 5) is 35.1. The van der Waals surface area contributed by atoms with Crippen molar-refractivity contribution in [1.29, 1.82) is 0 Å². The van der Waals surface area contributed by atoms with Gasteiger partial charge in [-0.15, -0.1) is 0 Å². The van der Waals surface area contributed by atoms with Gasteiger partial charge in [0.25, 0.3) is 0 Å². The summed E-state index contributed by atoms with van der Waals surface area (Å²) < 4.78 is 77.3. The number of benzene rings is 1. The number of carbonyl (C=O) groups excluding carboxylic acids is 2. The Bertz CT molecular complexity index is 770. The van der Waals surface area contributed by atoms with Crippen molar-refractivity contribution in [2.75, 3.05) is 0 Å².